The molecule has 0 radical (unpaired) electrons. The third-order valence-corrected chi connectivity index (χ3v) is 5.75. The number of urea groups is 1. The number of rotatable bonds is 9. The summed E-state index contributed by atoms with van der Waals surface area (Å²) in [6.45, 7) is 4.36. The van der Waals surface area contributed by atoms with Crippen LogP contribution in [0.3, 0.4) is 0 Å². The Morgan fingerprint density at radius 3 is 2.57 bits per heavy atom. The van der Waals surface area contributed by atoms with Crippen molar-refractivity contribution in [3.8, 4) is 11.5 Å². The van der Waals surface area contributed by atoms with Gasteiger partial charge in [-0.2, -0.15) is 0 Å². The molecular weight excluding hydrogens is 500 g/mol. The Kier molecular flexibility index (Phi) is 7.83. The number of amides is 3. The molecule has 0 atom stereocenters. The molecule has 1 saturated heterocycles. The molecule has 3 aromatic rings. The van der Waals surface area contributed by atoms with Crippen LogP contribution in [-0.4, -0.2) is 36.5 Å². The molecule has 1 aromatic heterocycles. The minimum absolute atomic E-state index is 0.0249. The van der Waals surface area contributed by atoms with Crippen LogP contribution in [0.5, 0.6) is 11.5 Å². The highest BCUT2D eigenvalue weighted by molar-refractivity contribution is 6.32. The molecule has 2 aromatic carbocycles. The van der Waals surface area contributed by atoms with Gasteiger partial charge in [0.2, 0.25) is 5.76 Å². The Morgan fingerprint density at radius 1 is 1.11 bits per heavy atom. The molecule has 9 nitrogen and oxygen atoms in total. The highest BCUT2D eigenvalue weighted by Gasteiger charge is 2.34. The summed E-state index contributed by atoms with van der Waals surface area (Å²) in [5, 5.41) is 2.85. The summed E-state index contributed by atoms with van der Waals surface area (Å²) < 4.78 is 21.7. The van der Waals surface area contributed by atoms with E-state index in [0.29, 0.717) is 35.3 Å². The smallest absolute Gasteiger partial charge is 0.373 e. The van der Waals surface area contributed by atoms with Gasteiger partial charge in [0.05, 0.1) is 25.3 Å². The van der Waals surface area contributed by atoms with Gasteiger partial charge in [0.1, 0.15) is 18.1 Å². The van der Waals surface area contributed by atoms with E-state index < -0.39 is 17.9 Å². The minimum atomic E-state index is -0.655. The van der Waals surface area contributed by atoms with E-state index in [2.05, 4.69) is 10.1 Å². The van der Waals surface area contributed by atoms with Crippen molar-refractivity contribution in [1.29, 1.82) is 0 Å². The number of ether oxygens (including phenoxy) is 3. The maximum atomic E-state index is 12.9. The number of hydrogen-bond donors (Lipinski definition) is 1. The van der Waals surface area contributed by atoms with Gasteiger partial charge < -0.3 is 23.9 Å². The van der Waals surface area contributed by atoms with Crippen molar-refractivity contribution in [2.75, 3.05) is 13.7 Å². The van der Waals surface area contributed by atoms with Crippen LogP contribution in [0.15, 0.2) is 58.6 Å². The highest BCUT2D eigenvalue weighted by atomic mass is 35.5. The molecule has 37 heavy (non-hydrogen) atoms. The van der Waals surface area contributed by atoms with Gasteiger partial charge in [-0.05, 0) is 55.3 Å². The zero-order chi connectivity index (χ0) is 26.5. The number of nitrogens with one attached hydrogen (secondary N) is 1. The summed E-state index contributed by atoms with van der Waals surface area (Å²) in [6.07, 6.45) is 1.50. The number of halogens is 1. The summed E-state index contributed by atoms with van der Waals surface area (Å²) in [5.74, 6) is -0.195. The first-order chi connectivity index (χ1) is 17.8. The Bertz CT molecular complexity index is 1360. The van der Waals surface area contributed by atoms with E-state index in [1.165, 1.54) is 25.3 Å². The average molecular weight is 525 g/mol. The predicted octanol–water partition coefficient (Wildman–Crippen LogP) is 5.10. The van der Waals surface area contributed by atoms with Gasteiger partial charge in [0.15, 0.2) is 11.5 Å². The second-order valence-corrected chi connectivity index (χ2v) is 8.58. The molecule has 0 bridgehead atoms. The Balaban J connectivity index is 1.52. The van der Waals surface area contributed by atoms with Crippen molar-refractivity contribution >= 4 is 35.6 Å². The van der Waals surface area contributed by atoms with E-state index >= 15 is 0 Å². The van der Waals surface area contributed by atoms with Crippen LogP contribution in [0.2, 0.25) is 5.02 Å². The van der Waals surface area contributed by atoms with E-state index in [0.717, 1.165) is 16.0 Å². The topological polar surface area (TPSA) is 107 Å². The average Bonchev–Trinajstić information content (AvgIpc) is 3.45. The SMILES string of the molecule is CCOc1cc(/C=C2\NC(=O)N(Cc3ccc(C(=O)OC)o3)C2=O)cc(Cl)c1OCc1ccc(C)cc1. The quantitative estimate of drug-likeness (QED) is 0.236. The summed E-state index contributed by atoms with van der Waals surface area (Å²) in [4.78, 5) is 37.9. The van der Waals surface area contributed by atoms with E-state index in [9.17, 15) is 14.4 Å². The van der Waals surface area contributed by atoms with Crippen molar-refractivity contribution in [1.82, 2.24) is 10.2 Å². The lowest BCUT2D eigenvalue weighted by atomic mass is 10.1. The van der Waals surface area contributed by atoms with Gasteiger partial charge in [-0.15, -0.1) is 0 Å². The molecule has 4 rings (SSSR count). The van der Waals surface area contributed by atoms with Gasteiger partial charge in [0.25, 0.3) is 5.91 Å². The van der Waals surface area contributed by atoms with E-state index in [4.69, 9.17) is 25.5 Å². The van der Waals surface area contributed by atoms with Crippen LogP contribution >= 0.6 is 11.6 Å². The van der Waals surface area contributed by atoms with Crippen molar-refractivity contribution < 1.29 is 33.0 Å². The van der Waals surface area contributed by atoms with Crippen LogP contribution in [0.1, 0.15) is 39.9 Å². The Hall–Kier alpha value is -4.24. The minimum Gasteiger partial charge on any atom is -0.490 e. The Labute approximate surface area is 218 Å². The molecule has 0 aliphatic carbocycles. The number of furan rings is 1. The largest absolute Gasteiger partial charge is 0.490 e. The van der Waals surface area contributed by atoms with Crippen LogP contribution < -0.4 is 14.8 Å². The van der Waals surface area contributed by atoms with Crippen LogP contribution in [0.4, 0.5) is 4.79 Å². The number of benzene rings is 2. The fraction of sp³-hybridized carbons (Fsp3) is 0.222. The van der Waals surface area contributed by atoms with E-state index in [1.54, 1.807) is 12.1 Å². The van der Waals surface area contributed by atoms with Gasteiger partial charge in [-0.3, -0.25) is 9.69 Å². The number of esters is 1. The molecule has 0 spiro atoms. The van der Waals surface area contributed by atoms with Crippen LogP contribution in [0, 0.1) is 6.92 Å². The molecule has 1 aliphatic heterocycles. The first-order valence-electron chi connectivity index (χ1n) is 11.4. The molecule has 2 heterocycles. The number of hydrogen-bond acceptors (Lipinski definition) is 7. The molecule has 3 amide bonds. The molecule has 192 valence electrons. The number of carbonyl (C=O) groups excluding carboxylic acids is 3. The Morgan fingerprint density at radius 2 is 1.86 bits per heavy atom. The summed E-state index contributed by atoms with van der Waals surface area (Å²) in [5.41, 5.74) is 2.71. The first kappa shape index (κ1) is 25.8. The van der Waals surface area contributed by atoms with Crippen molar-refractivity contribution in [3.05, 3.63) is 87.5 Å². The van der Waals surface area contributed by atoms with Crippen LogP contribution in [0.25, 0.3) is 6.08 Å². The molecular formula is C27H25ClN2O7. The van der Waals surface area contributed by atoms with Gasteiger partial charge in [0, 0.05) is 0 Å². The third kappa shape index (κ3) is 5.95. The third-order valence-electron chi connectivity index (χ3n) is 5.47. The van der Waals surface area contributed by atoms with Gasteiger partial charge in [-0.25, -0.2) is 9.59 Å². The van der Waals surface area contributed by atoms with Gasteiger partial charge in [-0.1, -0.05) is 41.4 Å². The summed E-state index contributed by atoms with van der Waals surface area (Å²) in [7, 11) is 1.23. The lowest BCUT2D eigenvalue weighted by molar-refractivity contribution is -0.123. The zero-order valence-electron chi connectivity index (χ0n) is 20.5. The van der Waals surface area contributed by atoms with Crippen molar-refractivity contribution in [2.45, 2.75) is 27.0 Å². The number of imide groups is 1. The maximum absolute atomic E-state index is 12.9. The van der Waals surface area contributed by atoms with Crippen molar-refractivity contribution in [2.24, 2.45) is 0 Å². The maximum Gasteiger partial charge on any atom is 0.373 e. The summed E-state index contributed by atoms with van der Waals surface area (Å²) >= 11 is 6.52. The fourth-order valence-corrected chi connectivity index (χ4v) is 3.90. The molecule has 0 saturated carbocycles. The van der Waals surface area contributed by atoms with Crippen LogP contribution in [-0.2, 0) is 22.7 Å². The molecule has 1 N–H and O–H groups in total. The molecule has 1 aliphatic rings. The van der Waals surface area contributed by atoms with Gasteiger partial charge >= 0.3 is 12.0 Å². The number of aryl methyl sites for hydroxylation is 1. The summed E-state index contributed by atoms with van der Waals surface area (Å²) in [6, 6.07) is 13.5. The number of nitrogens with zero attached hydrogens (tertiary/aromatic N) is 1. The number of carbonyl (C=O) groups is 3. The van der Waals surface area contributed by atoms with E-state index in [-0.39, 0.29) is 23.8 Å². The molecule has 0 unspecified atom stereocenters. The number of methoxy groups -OCH3 is 1. The molecule has 1 fully saturated rings. The zero-order valence-corrected chi connectivity index (χ0v) is 21.3. The fourth-order valence-electron chi connectivity index (χ4n) is 3.62. The normalized spacial score (nSPS) is 14.2. The lowest BCUT2D eigenvalue weighted by Crippen LogP contribution is -2.30. The first-order valence-corrected chi connectivity index (χ1v) is 11.8. The predicted molar refractivity (Wildman–Crippen MR) is 135 cm³/mol. The van der Waals surface area contributed by atoms with Crippen molar-refractivity contribution in [3.63, 3.8) is 0 Å². The monoisotopic (exact) mass is 524 g/mol. The highest BCUT2D eigenvalue weighted by Crippen LogP contribution is 2.38. The second-order valence-electron chi connectivity index (χ2n) is 8.17. The lowest BCUT2D eigenvalue weighted by Gasteiger charge is -2.15. The second kappa shape index (κ2) is 11.2. The molecule has 10 heteroatoms. The van der Waals surface area contributed by atoms with E-state index in [1.807, 2.05) is 38.1 Å². The standard InChI is InChI=1S/C27H25ClN2O7/c1-4-35-23-13-18(11-20(28)24(23)36-15-17-7-5-16(2)6-8-17)12-21-25(31)30(27(33)29-21)14-19-9-10-22(37-19)26(32)34-3/h5-13H,4,14-15H2,1-3H3,(H,29,33)/b21-12-.